The standard InChI is InChI=1S/C22H40N6O9/c23-11-3-1-5-13(25)19(33)26-15(7-9-17(29)30)21(35)27-14(6-2-4-12-24)20(34)28-16(22(36)37)8-10-18(31)32/h13-16H,1-12,23-25H2,(H,26,33)(H,27,35)(H,28,34)(H,29,30)(H,31,32)(H,36,37). The smallest absolute Gasteiger partial charge is 0.326 e. The van der Waals surface area contributed by atoms with Gasteiger partial charge in [0, 0.05) is 12.8 Å². The molecule has 37 heavy (non-hydrogen) atoms. The van der Waals surface area contributed by atoms with Crippen molar-refractivity contribution in [2.45, 2.75) is 88.4 Å². The summed E-state index contributed by atoms with van der Waals surface area (Å²) in [6.45, 7) is 0.725. The molecule has 4 atom stereocenters. The molecule has 0 aliphatic rings. The van der Waals surface area contributed by atoms with Gasteiger partial charge in [0.15, 0.2) is 0 Å². The summed E-state index contributed by atoms with van der Waals surface area (Å²) in [4.78, 5) is 71.6. The highest BCUT2D eigenvalue weighted by Gasteiger charge is 2.30. The summed E-state index contributed by atoms with van der Waals surface area (Å²) < 4.78 is 0. The molecule has 0 bridgehead atoms. The Morgan fingerprint density at radius 3 is 1.43 bits per heavy atom. The highest BCUT2D eigenvalue weighted by molar-refractivity contribution is 5.94. The lowest BCUT2D eigenvalue weighted by atomic mass is 10.0. The van der Waals surface area contributed by atoms with E-state index in [2.05, 4.69) is 16.0 Å². The second kappa shape index (κ2) is 18.9. The number of amides is 3. The molecule has 0 saturated heterocycles. The molecule has 0 radical (unpaired) electrons. The molecule has 15 heteroatoms. The van der Waals surface area contributed by atoms with Gasteiger partial charge in [-0.15, -0.1) is 0 Å². The number of carboxylic acids is 3. The van der Waals surface area contributed by atoms with Crippen LogP contribution in [-0.2, 0) is 28.8 Å². The van der Waals surface area contributed by atoms with Crippen molar-refractivity contribution in [1.29, 1.82) is 0 Å². The first-order valence-electron chi connectivity index (χ1n) is 12.2. The Bertz CT molecular complexity index is 780. The van der Waals surface area contributed by atoms with E-state index < -0.39 is 72.6 Å². The van der Waals surface area contributed by atoms with Crippen LogP contribution in [0.4, 0.5) is 0 Å². The van der Waals surface area contributed by atoms with Gasteiger partial charge in [0.05, 0.1) is 6.04 Å². The van der Waals surface area contributed by atoms with Gasteiger partial charge in [0.2, 0.25) is 17.7 Å². The summed E-state index contributed by atoms with van der Waals surface area (Å²) in [5, 5.41) is 34.2. The number of hydrogen-bond acceptors (Lipinski definition) is 9. The van der Waals surface area contributed by atoms with Crippen LogP contribution in [-0.4, -0.2) is 88.2 Å². The first-order valence-corrected chi connectivity index (χ1v) is 12.2. The third-order valence-corrected chi connectivity index (χ3v) is 5.43. The van der Waals surface area contributed by atoms with Gasteiger partial charge in [-0.3, -0.25) is 24.0 Å². The van der Waals surface area contributed by atoms with E-state index in [1.54, 1.807) is 0 Å². The molecule has 0 heterocycles. The first kappa shape index (κ1) is 33.7. The van der Waals surface area contributed by atoms with Crippen molar-refractivity contribution in [3.05, 3.63) is 0 Å². The lowest BCUT2D eigenvalue weighted by Crippen LogP contribution is -2.57. The maximum atomic E-state index is 13.0. The average Bonchev–Trinajstić information content (AvgIpc) is 2.82. The zero-order valence-corrected chi connectivity index (χ0v) is 20.8. The van der Waals surface area contributed by atoms with Crippen molar-refractivity contribution < 1.29 is 44.1 Å². The lowest BCUT2D eigenvalue weighted by molar-refractivity contribution is -0.143. The summed E-state index contributed by atoms with van der Waals surface area (Å²) in [5.74, 6) is -6.30. The Kier molecular flexibility index (Phi) is 17.2. The Labute approximate surface area is 214 Å². The molecule has 0 aromatic rings. The van der Waals surface area contributed by atoms with E-state index in [1.807, 2.05) is 0 Å². The molecule has 0 aromatic carbocycles. The van der Waals surface area contributed by atoms with Crippen LogP contribution < -0.4 is 33.2 Å². The van der Waals surface area contributed by atoms with E-state index in [1.165, 1.54) is 0 Å². The number of nitrogens with one attached hydrogen (secondary N) is 3. The zero-order valence-electron chi connectivity index (χ0n) is 20.8. The number of carboxylic acid groups (broad SMARTS) is 3. The van der Waals surface area contributed by atoms with Gasteiger partial charge in [-0.05, 0) is 58.0 Å². The minimum Gasteiger partial charge on any atom is -0.481 e. The lowest BCUT2D eigenvalue weighted by Gasteiger charge is -2.25. The minimum absolute atomic E-state index is 0.0677. The summed E-state index contributed by atoms with van der Waals surface area (Å²) in [7, 11) is 0. The fourth-order valence-corrected chi connectivity index (χ4v) is 3.29. The molecule has 3 amide bonds. The average molecular weight is 533 g/mol. The molecule has 212 valence electrons. The number of carbonyl (C=O) groups is 6. The van der Waals surface area contributed by atoms with Crippen LogP contribution >= 0.6 is 0 Å². The van der Waals surface area contributed by atoms with E-state index in [4.69, 9.17) is 27.4 Å². The van der Waals surface area contributed by atoms with Crippen LogP contribution in [0.15, 0.2) is 0 Å². The van der Waals surface area contributed by atoms with Gasteiger partial charge >= 0.3 is 17.9 Å². The second-order valence-electron chi connectivity index (χ2n) is 8.56. The molecule has 4 unspecified atom stereocenters. The molecule has 15 nitrogen and oxygen atoms in total. The Morgan fingerprint density at radius 2 is 0.973 bits per heavy atom. The number of aliphatic carboxylic acids is 3. The number of hydrogen-bond donors (Lipinski definition) is 9. The third-order valence-electron chi connectivity index (χ3n) is 5.43. The summed E-state index contributed by atoms with van der Waals surface area (Å²) in [6.07, 6.45) is 0.857. The quantitative estimate of drug-likeness (QED) is 0.0715. The van der Waals surface area contributed by atoms with Gasteiger partial charge in [-0.1, -0.05) is 6.42 Å². The van der Waals surface area contributed by atoms with Gasteiger partial charge in [0.25, 0.3) is 0 Å². The van der Waals surface area contributed by atoms with Crippen molar-refractivity contribution >= 4 is 35.6 Å². The van der Waals surface area contributed by atoms with E-state index >= 15 is 0 Å². The fourth-order valence-electron chi connectivity index (χ4n) is 3.29. The van der Waals surface area contributed by atoms with E-state index in [-0.39, 0.29) is 19.3 Å². The van der Waals surface area contributed by atoms with Gasteiger partial charge < -0.3 is 48.5 Å². The maximum Gasteiger partial charge on any atom is 0.326 e. The minimum atomic E-state index is -1.51. The van der Waals surface area contributed by atoms with Crippen molar-refractivity contribution in [1.82, 2.24) is 16.0 Å². The Morgan fingerprint density at radius 1 is 0.568 bits per heavy atom. The van der Waals surface area contributed by atoms with Crippen LogP contribution in [0.5, 0.6) is 0 Å². The molecule has 0 aliphatic carbocycles. The predicted molar refractivity (Wildman–Crippen MR) is 131 cm³/mol. The van der Waals surface area contributed by atoms with E-state index in [0.29, 0.717) is 45.2 Å². The number of unbranched alkanes of at least 4 members (excludes halogenated alkanes) is 2. The molecule has 0 fully saturated rings. The Balaban J connectivity index is 5.53. The molecular weight excluding hydrogens is 492 g/mol. The van der Waals surface area contributed by atoms with E-state index in [0.717, 1.165) is 0 Å². The number of carbonyl (C=O) groups excluding carboxylic acids is 3. The first-order chi connectivity index (χ1) is 17.4. The summed E-state index contributed by atoms with van der Waals surface area (Å²) >= 11 is 0. The van der Waals surface area contributed by atoms with Gasteiger partial charge in [-0.2, -0.15) is 0 Å². The second-order valence-corrected chi connectivity index (χ2v) is 8.56. The van der Waals surface area contributed by atoms with Crippen molar-refractivity contribution in [3.63, 3.8) is 0 Å². The molecule has 0 spiro atoms. The summed E-state index contributed by atoms with van der Waals surface area (Å²) in [5.41, 5.74) is 16.8. The van der Waals surface area contributed by atoms with Crippen LogP contribution in [0.3, 0.4) is 0 Å². The van der Waals surface area contributed by atoms with Crippen LogP contribution in [0, 0.1) is 0 Å². The van der Waals surface area contributed by atoms with E-state index in [9.17, 15) is 33.9 Å². The number of nitrogens with two attached hydrogens (primary N) is 3. The van der Waals surface area contributed by atoms with Crippen molar-refractivity contribution in [2.75, 3.05) is 13.1 Å². The monoisotopic (exact) mass is 532 g/mol. The molecule has 0 aromatic heterocycles. The number of rotatable bonds is 21. The Hall–Kier alpha value is -3.30. The third kappa shape index (κ3) is 15.4. The van der Waals surface area contributed by atoms with Crippen molar-refractivity contribution in [3.8, 4) is 0 Å². The molecule has 12 N–H and O–H groups in total. The topological polar surface area (TPSA) is 277 Å². The molecule has 0 rings (SSSR count). The van der Waals surface area contributed by atoms with Crippen LogP contribution in [0.2, 0.25) is 0 Å². The molecule has 0 aliphatic heterocycles. The SMILES string of the molecule is NCCCCC(N)C(=O)NC(CCC(=O)O)C(=O)NC(CCCCN)C(=O)NC(CCC(=O)O)C(=O)O. The predicted octanol–water partition coefficient (Wildman–Crippen LogP) is -2.16. The highest BCUT2D eigenvalue weighted by atomic mass is 16.4. The van der Waals surface area contributed by atoms with Gasteiger partial charge in [-0.25, -0.2) is 4.79 Å². The van der Waals surface area contributed by atoms with Crippen LogP contribution in [0.1, 0.15) is 64.2 Å². The zero-order chi connectivity index (χ0) is 28.4. The largest absolute Gasteiger partial charge is 0.481 e. The normalized spacial score (nSPS) is 14.0. The van der Waals surface area contributed by atoms with Crippen molar-refractivity contribution in [2.24, 2.45) is 17.2 Å². The molecule has 0 saturated carbocycles. The van der Waals surface area contributed by atoms with Gasteiger partial charge in [0.1, 0.15) is 18.1 Å². The fraction of sp³-hybridized carbons (Fsp3) is 0.727. The summed E-state index contributed by atoms with van der Waals surface area (Å²) in [6, 6.07) is -5.03. The maximum absolute atomic E-state index is 13.0. The van der Waals surface area contributed by atoms with Crippen LogP contribution in [0.25, 0.3) is 0 Å². The molecular formula is C22H40N6O9. The highest BCUT2D eigenvalue weighted by Crippen LogP contribution is 2.07.